The van der Waals surface area contributed by atoms with Gasteiger partial charge in [-0.25, -0.2) is 0 Å². The highest BCUT2D eigenvalue weighted by Gasteiger charge is 2.50. The second kappa shape index (κ2) is 5.42. The van der Waals surface area contributed by atoms with E-state index in [0.717, 1.165) is 32.1 Å². The van der Waals surface area contributed by atoms with Crippen molar-refractivity contribution in [2.75, 3.05) is 0 Å². The van der Waals surface area contributed by atoms with Crippen LogP contribution in [0.5, 0.6) is 0 Å². The van der Waals surface area contributed by atoms with Gasteiger partial charge in [0, 0.05) is 0 Å². The van der Waals surface area contributed by atoms with Gasteiger partial charge in [-0.3, -0.25) is 19.2 Å². The van der Waals surface area contributed by atoms with Gasteiger partial charge in [-0.2, -0.15) is 0 Å². The Morgan fingerprint density at radius 1 is 0.609 bits per heavy atom. The van der Waals surface area contributed by atoms with Crippen LogP contribution in [0.25, 0.3) is 0 Å². The van der Waals surface area contributed by atoms with Crippen molar-refractivity contribution < 1.29 is 28.7 Å². The molecule has 6 nitrogen and oxygen atoms in total. The van der Waals surface area contributed by atoms with Crippen molar-refractivity contribution in [1.29, 1.82) is 0 Å². The minimum absolute atomic E-state index is 0.239. The lowest BCUT2D eigenvalue weighted by Crippen LogP contribution is -2.31. The van der Waals surface area contributed by atoms with Crippen molar-refractivity contribution in [3.8, 4) is 0 Å². The van der Waals surface area contributed by atoms with Gasteiger partial charge in [0.05, 0.1) is 23.7 Å². The fraction of sp³-hybridized carbons (Fsp3) is 0.765. The van der Waals surface area contributed by atoms with Crippen molar-refractivity contribution in [3.05, 3.63) is 0 Å². The normalized spacial score (nSPS) is 43.0. The quantitative estimate of drug-likeness (QED) is 0.567. The van der Waals surface area contributed by atoms with Crippen LogP contribution in [-0.2, 0) is 28.7 Å². The molecule has 0 aromatic heterocycles. The van der Waals surface area contributed by atoms with E-state index in [1.165, 1.54) is 0 Å². The van der Waals surface area contributed by atoms with Gasteiger partial charge >= 0.3 is 23.9 Å². The average Bonchev–Trinajstić information content (AvgIpc) is 2.96. The fourth-order valence-corrected chi connectivity index (χ4v) is 5.00. The van der Waals surface area contributed by atoms with E-state index in [9.17, 15) is 19.2 Å². The number of fused-ring (bicyclic) bond motifs is 2. The average molecular weight is 320 g/mol. The monoisotopic (exact) mass is 320 g/mol. The molecule has 2 saturated heterocycles. The largest absolute Gasteiger partial charge is 0.393 e. The standard InChI is InChI=1S/C17H20O6/c18-14-10-3-1-8(6-12(10)16(20)22-14)5-9-2-4-11-13(7-9)17(21)23-15(11)19/h8-13H,1-7H2. The lowest BCUT2D eigenvalue weighted by molar-refractivity contribution is -0.155. The van der Waals surface area contributed by atoms with Gasteiger partial charge in [-0.05, 0) is 56.8 Å². The number of carbonyl (C=O) groups excluding carboxylic acids is 4. The molecule has 124 valence electrons. The molecule has 4 fully saturated rings. The van der Waals surface area contributed by atoms with Crippen molar-refractivity contribution in [2.45, 2.75) is 44.9 Å². The molecule has 0 spiro atoms. The summed E-state index contributed by atoms with van der Waals surface area (Å²) in [7, 11) is 0. The summed E-state index contributed by atoms with van der Waals surface area (Å²) in [5.74, 6) is -1.66. The number of cyclic esters (lactones) is 4. The first-order valence-corrected chi connectivity index (χ1v) is 8.54. The molecule has 6 heteroatoms. The van der Waals surface area contributed by atoms with Gasteiger partial charge in [-0.15, -0.1) is 0 Å². The molecule has 0 N–H and O–H groups in total. The number of hydrogen-bond acceptors (Lipinski definition) is 6. The molecule has 4 rings (SSSR count). The molecule has 6 unspecified atom stereocenters. The third kappa shape index (κ3) is 2.48. The molecule has 0 bridgehead atoms. The Bertz CT molecular complexity index is 532. The summed E-state index contributed by atoms with van der Waals surface area (Å²) in [4.78, 5) is 46.6. The SMILES string of the molecule is O=C1OC(=O)C2CC(CC3CCC4C(=O)OC(=O)C4C3)CCC12. The first-order chi connectivity index (χ1) is 11.0. The van der Waals surface area contributed by atoms with Crippen LogP contribution in [0.15, 0.2) is 0 Å². The molecular formula is C17H20O6. The third-order valence-electron chi connectivity index (χ3n) is 6.20. The second-order valence-corrected chi connectivity index (χ2v) is 7.50. The second-order valence-electron chi connectivity index (χ2n) is 7.50. The van der Waals surface area contributed by atoms with E-state index in [1.807, 2.05) is 0 Å². The smallest absolute Gasteiger partial charge is 0.317 e. The van der Waals surface area contributed by atoms with Crippen LogP contribution < -0.4 is 0 Å². The highest BCUT2D eigenvalue weighted by Crippen LogP contribution is 2.46. The highest BCUT2D eigenvalue weighted by molar-refractivity contribution is 5.97. The maximum atomic E-state index is 11.7. The summed E-state index contributed by atoms with van der Waals surface area (Å²) in [5, 5.41) is 0. The molecule has 0 amide bonds. The van der Waals surface area contributed by atoms with Crippen LogP contribution in [-0.4, -0.2) is 23.9 Å². The minimum atomic E-state index is -0.363. The van der Waals surface area contributed by atoms with Crippen LogP contribution in [0, 0.1) is 35.5 Å². The molecule has 0 aromatic carbocycles. The zero-order chi connectivity index (χ0) is 16.1. The predicted octanol–water partition coefficient (Wildman–Crippen LogP) is 1.61. The Morgan fingerprint density at radius 3 is 1.43 bits per heavy atom. The summed E-state index contributed by atoms with van der Waals surface area (Å²) in [5.41, 5.74) is 0. The molecule has 23 heavy (non-hydrogen) atoms. The molecule has 2 aliphatic carbocycles. The summed E-state index contributed by atoms with van der Waals surface area (Å²) >= 11 is 0. The lowest BCUT2D eigenvalue weighted by Gasteiger charge is -2.33. The van der Waals surface area contributed by atoms with Crippen LogP contribution in [0.4, 0.5) is 0 Å². The molecule has 2 saturated carbocycles. The van der Waals surface area contributed by atoms with Gasteiger partial charge in [0.2, 0.25) is 0 Å². The Balaban J connectivity index is 1.36. The van der Waals surface area contributed by atoms with E-state index in [2.05, 4.69) is 0 Å². The molecule has 6 atom stereocenters. The van der Waals surface area contributed by atoms with E-state index in [0.29, 0.717) is 24.7 Å². The predicted molar refractivity (Wildman–Crippen MR) is 75.5 cm³/mol. The van der Waals surface area contributed by atoms with E-state index >= 15 is 0 Å². The first kappa shape index (κ1) is 14.8. The van der Waals surface area contributed by atoms with Crippen molar-refractivity contribution in [2.24, 2.45) is 35.5 Å². The van der Waals surface area contributed by atoms with Crippen LogP contribution >= 0.6 is 0 Å². The van der Waals surface area contributed by atoms with E-state index in [4.69, 9.17) is 9.47 Å². The van der Waals surface area contributed by atoms with Gasteiger partial charge in [0.15, 0.2) is 0 Å². The number of ether oxygens (including phenoxy) is 2. The van der Waals surface area contributed by atoms with Gasteiger partial charge < -0.3 is 9.47 Å². The number of esters is 4. The van der Waals surface area contributed by atoms with Crippen LogP contribution in [0.1, 0.15) is 44.9 Å². The zero-order valence-electron chi connectivity index (χ0n) is 12.9. The minimum Gasteiger partial charge on any atom is -0.393 e. The number of carbonyl (C=O) groups is 4. The highest BCUT2D eigenvalue weighted by atomic mass is 16.6. The first-order valence-electron chi connectivity index (χ1n) is 8.54. The summed E-state index contributed by atoms with van der Waals surface area (Å²) in [6, 6.07) is 0. The third-order valence-corrected chi connectivity index (χ3v) is 6.20. The Morgan fingerprint density at radius 2 is 1.00 bits per heavy atom. The Labute approximate surface area is 133 Å². The maximum Gasteiger partial charge on any atom is 0.317 e. The number of rotatable bonds is 2. The Hall–Kier alpha value is -1.72. The van der Waals surface area contributed by atoms with Crippen LogP contribution in [0.2, 0.25) is 0 Å². The summed E-state index contributed by atoms with van der Waals surface area (Å²) in [6.07, 6.45) is 5.68. The summed E-state index contributed by atoms with van der Waals surface area (Å²) in [6.45, 7) is 0. The van der Waals surface area contributed by atoms with E-state index in [-0.39, 0.29) is 47.5 Å². The van der Waals surface area contributed by atoms with Crippen molar-refractivity contribution >= 4 is 23.9 Å². The molecule has 2 aliphatic heterocycles. The van der Waals surface area contributed by atoms with E-state index in [1.54, 1.807) is 0 Å². The van der Waals surface area contributed by atoms with Crippen molar-refractivity contribution in [3.63, 3.8) is 0 Å². The molecule has 4 aliphatic rings. The Kier molecular flexibility index (Phi) is 3.50. The topological polar surface area (TPSA) is 86.7 Å². The van der Waals surface area contributed by atoms with Gasteiger partial charge in [-0.1, -0.05) is 0 Å². The lowest BCUT2D eigenvalue weighted by atomic mass is 9.68. The molecule has 2 heterocycles. The zero-order valence-corrected chi connectivity index (χ0v) is 12.9. The van der Waals surface area contributed by atoms with E-state index < -0.39 is 0 Å². The fourth-order valence-electron chi connectivity index (χ4n) is 5.00. The number of hydrogen-bond donors (Lipinski definition) is 0. The van der Waals surface area contributed by atoms with Gasteiger partial charge in [0.1, 0.15) is 0 Å². The van der Waals surface area contributed by atoms with Gasteiger partial charge in [0.25, 0.3) is 0 Å². The summed E-state index contributed by atoms with van der Waals surface area (Å²) < 4.78 is 9.51. The van der Waals surface area contributed by atoms with Crippen LogP contribution in [0.3, 0.4) is 0 Å². The molecule has 0 aromatic rings. The molecular weight excluding hydrogens is 300 g/mol. The maximum absolute atomic E-state index is 11.7. The van der Waals surface area contributed by atoms with Crippen molar-refractivity contribution in [1.82, 2.24) is 0 Å². The molecule has 0 radical (unpaired) electrons.